The van der Waals surface area contributed by atoms with Crippen molar-refractivity contribution in [3.63, 3.8) is 0 Å². The van der Waals surface area contributed by atoms with Gasteiger partial charge < -0.3 is 4.74 Å². The molecular formula is C12H13FO2. The molecule has 0 amide bonds. The third kappa shape index (κ3) is 2.24. The van der Waals surface area contributed by atoms with Gasteiger partial charge in [-0.1, -0.05) is 12.1 Å². The molecule has 0 aliphatic carbocycles. The fraction of sp³-hybridized carbons (Fsp3) is 0.250. The molecule has 0 heterocycles. The molecule has 0 aromatic heterocycles. The average molecular weight is 208 g/mol. The van der Waals surface area contributed by atoms with Crippen LogP contribution in [0.2, 0.25) is 0 Å². The van der Waals surface area contributed by atoms with E-state index in [0.717, 1.165) is 5.56 Å². The van der Waals surface area contributed by atoms with Gasteiger partial charge in [0.1, 0.15) is 5.82 Å². The Morgan fingerprint density at radius 3 is 2.80 bits per heavy atom. The number of methoxy groups -OCH3 is 1. The Hall–Kier alpha value is -1.64. The van der Waals surface area contributed by atoms with E-state index in [1.807, 2.05) is 0 Å². The minimum absolute atomic E-state index is 0.0252. The molecule has 0 spiro atoms. The van der Waals surface area contributed by atoms with Crippen LogP contribution in [0.15, 0.2) is 24.8 Å². The predicted octanol–water partition coefficient (Wildman–Crippen LogP) is 2.65. The number of hydrogen-bond donors (Lipinski definition) is 0. The normalized spacial score (nSPS) is 9.80. The van der Waals surface area contributed by atoms with Gasteiger partial charge in [-0.3, -0.25) is 0 Å². The quantitative estimate of drug-likeness (QED) is 0.564. The van der Waals surface area contributed by atoms with Gasteiger partial charge in [0, 0.05) is 0 Å². The van der Waals surface area contributed by atoms with Crippen molar-refractivity contribution in [3.8, 4) is 0 Å². The van der Waals surface area contributed by atoms with Crippen LogP contribution < -0.4 is 0 Å². The molecule has 3 heteroatoms. The SMILES string of the molecule is C=CCc1ccc(C(=O)OC)c(F)c1C. The van der Waals surface area contributed by atoms with E-state index >= 15 is 0 Å². The van der Waals surface area contributed by atoms with Gasteiger partial charge in [-0.05, 0) is 30.5 Å². The molecule has 1 rings (SSSR count). The van der Waals surface area contributed by atoms with Crippen molar-refractivity contribution in [3.05, 3.63) is 47.3 Å². The summed E-state index contributed by atoms with van der Waals surface area (Å²) in [5, 5.41) is 0. The van der Waals surface area contributed by atoms with Crippen molar-refractivity contribution < 1.29 is 13.9 Å². The van der Waals surface area contributed by atoms with Crippen LogP contribution in [0.3, 0.4) is 0 Å². The molecule has 0 aliphatic rings. The summed E-state index contributed by atoms with van der Waals surface area (Å²) in [5.41, 5.74) is 1.27. The average Bonchev–Trinajstić information content (AvgIpc) is 2.24. The number of hydrogen-bond acceptors (Lipinski definition) is 2. The standard InChI is InChI=1S/C12H13FO2/c1-4-5-9-6-7-10(12(14)15-3)11(13)8(9)2/h4,6-7H,1,5H2,2-3H3. The molecule has 0 aliphatic heterocycles. The monoisotopic (exact) mass is 208 g/mol. The highest BCUT2D eigenvalue weighted by atomic mass is 19.1. The lowest BCUT2D eigenvalue weighted by atomic mass is 10.0. The molecule has 80 valence electrons. The van der Waals surface area contributed by atoms with Crippen LogP contribution in [0, 0.1) is 12.7 Å². The minimum atomic E-state index is -0.652. The van der Waals surface area contributed by atoms with Gasteiger partial charge in [0.25, 0.3) is 0 Å². The van der Waals surface area contributed by atoms with E-state index in [0.29, 0.717) is 12.0 Å². The molecule has 0 saturated carbocycles. The smallest absolute Gasteiger partial charge is 0.340 e. The Bertz CT molecular complexity index is 397. The van der Waals surface area contributed by atoms with Crippen LogP contribution in [-0.2, 0) is 11.2 Å². The predicted molar refractivity (Wildman–Crippen MR) is 56.4 cm³/mol. The van der Waals surface area contributed by atoms with Crippen molar-refractivity contribution in [2.75, 3.05) is 7.11 Å². The van der Waals surface area contributed by atoms with Crippen LogP contribution in [0.4, 0.5) is 4.39 Å². The highest BCUT2D eigenvalue weighted by Crippen LogP contribution is 2.18. The number of benzene rings is 1. The van der Waals surface area contributed by atoms with Crippen LogP contribution in [0.5, 0.6) is 0 Å². The largest absolute Gasteiger partial charge is 0.465 e. The van der Waals surface area contributed by atoms with Gasteiger partial charge in [0.2, 0.25) is 0 Å². The summed E-state index contributed by atoms with van der Waals surface area (Å²) in [6.45, 7) is 5.23. The Labute approximate surface area is 88.4 Å². The van der Waals surface area contributed by atoms with Gasteiger partial charge in [-0.2, -0.15) is 0 Å². The lowest BCUT2D eigenvalue weighted by Crippen LogP contribution is -2.07. The highest BCUT2D eigenvalue weighted by molar-refractivity contribution is 5.90. The summed E-state index contributed by atoms with van der Waals surface area (Å²) in [5.74, 6) is -1.16. The van der Waals surface area contributed by atoms with Gasteiger partial charge >= 0.3 is 5.97 Å². The second-order valence-electron chi connectivity index (χ2n) is 3.20. The molecule has 0 atom stereocenters. The van der Waals surface area contributed by atoms with E-state index in [-0.39, 0.29) is 5.56 Å². The zero-order valence-corrected chi connectivity index (χ0v) is 8.84. The van der Waals surface area contributed by atoms with Crippen LogP contribution in [-0.4, -0.2) is 13.1 Å². The highest BCUT2D eigenvalue weighted by Gasteiger charge is 2.15. The molecule has 1 aromatic rings. The molecular weight excluding hydrogens is 195 g/mol. The van der Waals surface area contributed by atoms with Crippen molar-refractivity contribution in [1.29, 1.82) is 0 Å². The number of rotatable bonds is 3. The van der Waals surface area contributed by atoms with Crippen LogP contribution in [0.1, 0.15) is 21.5 Å². The first kappa shape index (κ1) is 11.4. The molecule has 1 aromatic carbocycles. The molecule has 0 radical (unpaired) electrons. The van der Waals surface area contributed by atoms with Crippen LogP contribution in [0.25, 0.3) is 0 Å². The van der Waals surface area contributed by atoms with Gasteiger partial charge in [-0.15, -0.1) is 6.58 Å². The molecule has 0 unspecified atom stereocenters. The maximum absolute atomic E-state index is 13.7. The van der Waals surface area contributed by atoms with E-state index in [1.54, 1.807) is 19.1 Å². The molecule has 0 saturated heterocycles. The Kier molecular flexibility index (Phi) is 3.61. The van der Waals surface area contributed by atoms with Crippen molar-refractivity contribution >= 4 is 5.97 Å². The zero-order valence-electron chi connectivity index (χ0n) is 8.84. The summed E-state index contributed by atoms with van der Waals surface area (Å²) in [6, 6.07) is 3.15. The molecule has 0 fully saturated rings. The number of carbonyl (C=O) groups is 1. The topological polar surface area (TPSA) is 26.3 Å². The minimum Gasteiger partial charge on any atom is -0.465 e. The third-order valence-corrected chi connectivity index (χ3v) is 2.27. The fourth-order valence-corrected chi connectivity index (χ4v) is 1.37. The van der Waals surface area contributed by atoms with Crippen molar-refractivity contribution in [2.45, 2.75) is 13.3 Å². The second kappa shape index (κ2) is 4.73. The van der Waals surface area contributed by atoms with E-state index in [1.165, 1.54) is 13.2 Å². The second-order valence-corrected chi connectivity index (χ2v) is 3.20. The van der Waals surface area contributed by atoms with E-state index in [4.69, 9.17) is 0 Å². The fourth-order valence-electron chi connectivity index (χ4n) is 1.37. The molecule has 0 N–H and O–H groups in total. The summed E-state index contributed by atoms with van der Waals surface area (Å²) >= 11 is 0. The lowest BCUT2D eigenvalue weighted by Gasteiger charge is -2.07. The lowest BCUT2D eigenvalue weighted by molar-refractivity contribution is 0.0595. The first-order chi connectivity index (χ1) is 7.11. The van der Waals surface area contributed by atoms with Gasteiger partial charge in [-0.25, -0.2) is 9.18 Å². The maximum atomic E-state index is 13.7. The number of esters is 1. The van der Waals surface area contributed by atoms with E-state index < -0.39 is 11.8 Å². The first-order valence-corrected chi connectivity index (χ1v) is 4.59. The maximum Gasteiger partial charge on any atom is 0.340 e. The Balaban J connectivity index is 3.20. The van der Waals surface area contributed by atoms with Crippen molar-refractivity contribution in [1.82, 2.24) is 0 Å². The third-order valence-electron chi connectivity index (χ3n) is 2.27. The molecule has 2 nitrogen and oxygen atoms in total. The van der Waals surface area contributed by atoms with Gasteiger partial charge in [0.05, 0.1) is 12.7 Å². The summed E-state index contributed by atoms with van der Waals surface area (Å²) in [6.07, 6.45) is 2.28. The zero-order chi connectivity index (χ0) is 11.4. The molecule has 0 bridgehead atoms. The van der Waals surface area contributed by atoms with E-state index in [2.05, 4.69) is 11.3 Å². The first-order valence-electron chi connectivity index (χ1n) is 4.59. The van der Waals surface area contributed by atoms with Crippen molar-refractivity contribution in [2.24, 2.45) is 0 Å². The summed E-state index contributed by atoms with van der Waals surface area (Å²) < 4.78 is 18.2. The van der Waals surface area contributed by atoms with E-state index in [9.17, 15) is 9.18 Å². The van der Waals surface area contributed by atoms with Gasteiger partial charge in [0.15, 0.2) is 0 Å². The Morgan fingerprint density at radius 2 is 2.27 bits per heavy atom. The number of ether oxygens (including phenoxy) is 1. The number of carbonyl (C=O) groups excluding carboxylic acids is 1. The summed E-state index contributed by atoms with van der Waals surface area (Å²) in [7, 11) is 1.23. The number of halogens is 1. The summed E-state index contributed by atoms with van der Waals surface area (Å²) in [4.78, 5) is 11.2. The van der Waals surface area contributed by atoms with Crippen LogP contribution >= 0.6 is 0 Å². The number of allylic oxidation sites excluding steroid dienone is 1. The molecule has 15 heavy (non-hydrogen) atoms. The Morgan fingerprint density at radius 1 is 1.60 bits per heavy atom.